The second-order valence-corrected chi connectivity index (χ2v) is 19.3. The standard InChI is InChI=1S/C46H46ClN7O7S/c1-46(2)17-15-33(40(26-46)31-5-7-34(47)8-6-31)29-52-19-21-54(22-20-52,35-9-13-39(44(48)56)43(24-35)61-37-23-32-16-18-49-45(32)51-28-37)62(59,60)38-12-14-41(42(25-38)53(57)58)50-27-30-3-10-36(55)11-4-30/h3-14,16,18,23-25,28,50H,15,17,19-22,26-27,29H2,1-2H3,(H3-,48,49,51,55,56)/p+1. The Bertz CT molecular complexity index is 2820. The van der Waals surface area contributed by atoms with Gasteiger partial charge in [-0.2, -0.15) is 12.3 Å². The van der Waals surface area contributed by atoms with Gasteiger partial charge in [-0.15, -0.1) is 0 Å². The number of nitrogens with zero attached hydrogens (tertiary/aromatic N) is 4. The molecule has 4 aromatic carbocycles. The maximum Gasteiger partial charge on any atom is 0.332 e. The summed E-state index contributed by atoms with van der Waals surface area (Å²) in [5.74, 6) is -0.331. The predicted octanol–water partition coefficient (Wildman–Crippen LogP) is 9.01. The van der Waals surface area contributed by atoms with Crippen molar-refractivity contribution < 1.29 is 28.0 Å². The molecule has 0 unspecified atom stereocenters. The number of rotatable bonds is 13. The number of benzene rings is 4. The van der Waals surface area contributed by atoms with Crippen LogP contribution in [0.1, 0.15) is 54.6 Å². The van der Waals surface area contributed by atoms with Gasteiger partial charge in [-0.1, -0.05) is 55.3 Å². The van der Waals surface area contributed by atoms with Crippen molar-refractivity contribution in [1.29, 1.82) is 0 Å². The van der Waals surface area contributed by atoms with Crippen LogP contribution in [0.5, 0.6) is 17.2 Å². The van der Waals surface area contributed by atoms with E-state index in [2.05, 4.69) is 46.2 Å². The summed E-state index contributed by atoms with van der Waals surface area (Å²) in [6.45, 7) is 6.29. The Morgan fingerprint density at radius 3 is 2.48 bits per heavy atom. The number of sulfonamides is 1. The van der Waals surface area contributed by atoms with Crippen LogP contribution >= 0.6 is 11.6 Å². The third kappa shape index (κ3) is 8.61. The molecule has 8 rings (SSSR count). The lowest BCUT2D eigenvalue weighted by atomic mass is 9.72. The number of nitro groups is 1. The number of pyridine rings is 1. The van der Waals surface area contributed by atoms with Gasteiger partial charge in [-0.25, -0.2) is 4.98 Å². The van der Waals surface area contributed by atoms with Crippen molar-refractivity contribution in [3.05, 3.63) is 147 Å². The smallest absolute Gasteiger partial charge is 0.332 e. The number of halogens is 1. The first kappa shape index (κ1) is 42.4. The number of hydrogen-bond donors (Lipinski definition) is 4. The summed E-state index contributed by atoms with van der Waals surface area (Å²) >= 11 is 6.27. The number of piperazine rings is 1. The van der Waals surface area contributed by atoms with E-state index in [0.29, 0.717) is 41.7 Å². The number of amides is 1. The fourth-order valence-corrected chi connectivity index (χ4v) is 10.6. The summed E-state index contributed by atoms with van der Waals surface area (Å²) in [7, 11) is -4.46. The van der Waals surface area contributed by atoms with E-state index in [1.807, 2.05) is 18.2 Å². The molecule has 16 heteroatoms. The van der Waals surface area contributed by atoms with Gasteiger partial charge in [0.05, 0.1) is 16.7 Å². The molecule has 6 aromatic rings. The number of aromatic amines is 1. The first-order valence-electron chi connectivity index (χ1n) is 20.3. The molecule has 1 aliphatic carbocycles. The third-order valence-corrected chi connectivity index (χ3v) is 14.6. The number of anilines is 1. The molecule has 2 aromatic heterocycles. The van der Waals surface area contributed by atoms with Crippen LogP contribution < -0.4 is 19.7 Å². The molecule has 62 heavy (non-hydrogen) atoms. The van der Waals surface area contributed by atoms with E-state index in [9.17, 15) is 20.0 Å². The molecule has 1 fully saturated rings. The van der Waals surface area contributed by atoms with Gasteiger partial charge < -0.3 is 25.9 Å². The predicted molar refractivity (Wildman–Crippen MR) is 241 cm³/mol. The van der Waals surface area contributed by atoms with Crippen LogP contribution in [0, 0.1) is 15.5 Å². The van der Waals surface area contributed by atoms with Gasteiger partial charge >= 0.3 is 10.0 Å². The van der Waals surface area contributed by atoms with E-state index in [1.54, 1.807) is 30.5 Å². The Hall–Kier alpha value is -6.26. The molecule has 0 spiro atoms. The van der Waals surface area contributed by atoms with E-state index >= 15 is 8.42 Å². The van der Waals surface area contributed by atoms with E-state index in [0.717, 1.165) is 41.8 Å². The summed E-state index contributed by atoms with van der Waals surface area (Å²) in [5.41, 5.74) is 11.1. The number of aromatic nitrogens is 2. The second-order valence-electron chi connectivity index (χ2n) is 16.7. The number of ether oxygens (including phenoxy) is 1. The highest BCUT2D eigenvalue weighted by molar-refractivity contribution is 7.91. The van der Waals surface area contributed by atoms with Crippen molar-refractivity contribution in [2.75, 3.05) is 38.0 Å². The van der Waals surface area contributed by atoms with Crippen LogP contribution in [0.2, 0.25) is 5.02 Å². The van der Waals surface area contributed by atoms with Crippen molar-refractivity contribution in [3.8, 4) is 17.2 Å². The number of carbonyl (C=O) groups is 1. The first-order valence-corrected chi connectivity index (χ1v) is 22.1. The van der Waals surface area contributed by atoms with Crippen molar-refractivity contribution in [1.82, 2.24) is 18.8 Å². The normalized spacial score (nSPS) is 16.6. The fourth-order valence-electron chi connectivity index (χ4n) is 8.50. The highest BCUT2D eigenvalue weighted by atomic mass is 35.5. The molecule has 320 valence electrons. The fraction of sp³-hybridized carbons (Fsp3) is 0.261. The molecular weight excluding hydrogens is 830 g/mol. The number of allylic oxidation sites excluding steroid dienone is 1. The molecule has 0 radical (unpaired) electrons. The van der Waals surface area contributed by atoms with Gasteiger partial charge in [0, 0.05) is 61.0 Å². The van der Waals surface area contributed by atoms with Gasteiger partial charge in [0.25, 0.3) is 11.6 Å². The minimum Gasteiger partial charge on any atom is -0.508 e. The molecule has 14 nitrogen and oxygen atoms in total. The Balaban J connectivity index is 1.17. The van der Waals surface area contributed by atoms with Crippen molar-refractivity contribution in [3.63, 3.8) is 0 Å². The Labute approximate surface area is 364 Å². The number of primary amides is 1. The van der Waals surface area contributed by atoms with Crippen LogP contribution in [0.3, 0.4) is 0 Å². The lowest BCUT2D eigenvalue weighted by molar-refractivity contribution is -0.384. The summed E-state index contributed by atoms with van der Waals surface area (Å²) < 4.78 is 36.4. The minimum atomic E-state index is -4.46. The molecule has 1 aliphatic heterocycles. The number of nitro benzene ring substituents is 1. The Kier molecular flexibility index (Phi) is 11.6. The highest BCUT2D eigenvalue weighted by Gasteiger charge is 2.49. The van der Waals surface area contributed by atoms with Crippen LogP contribution in [-0.2, 0) is 16.6 Å². The van der Waals surface area contributed by atoms with Crippen LogP contribution in [0.15, 0.2) is 120 Å². The average molecular weight is 877 g/mol. The van der Waals surface area contributed by atoms with Gasteiger partial charge in [0.2, 0.25) is 0 Å². The van der Waals surface area contributed by atoms with E-state index in [1.165, 1.54) is 53.7 Å². The number of nitrogens with two attached hydrogens (primary N) is 1. The zero-order valence-electron chi connectivity index (χ0n) is 34.3. The van der Waals surface area contributed by atoms with E-state index in [-0.39, 0.29) is 52.7 Å². The minimum absolute atomic E-state index is 0.0404. The number of carbonyl (C=O) groups excluding carboxylic acids is 1. The number of hydrogen-bond acceptors (Lipinski definition) is 10. The van der Waals surface area contributed by atoms with Gasteiger partial charge in [0.15, 0.2) is 5.69 Å². The summed E-state index contributed by atoms with van der Waals surface area (Å²) in [4.78, 5) is 34.1. The maximum absolute atomic E-state index is 15.4. The topological polar surface area (TPSA) is 194 Å². The Morgan fingerprint density at radius 1 is 1.03 bits per heavy atom. The largest absolute Gasteiger partial charge is 0.508 e. The van der Waals surface area contributed by atoms with Crippen LogP contribution in [0.25, 0.3) is 16.6 Å². The molecule has 0 bridgehead atoms. The molecule has 1 amide bonds. The SMILES string of the molecule is CC1(C)CCC(CN2CC[N+](c3ccc(C(N)=O)c(Oc4cnc5[nH]ccc5c4)c3)(S(=O)(=O)c3ccc(NCc4ccc(O)cc4)c([N+](=O)[O-])c3)CC2)=C(c2ccc(Cl)cc2)C1. The van der Waals surface area contributed by atoms with Gasteiger partial charge in [0.1, 0.15) is 46.6 Å². The number of quaternary nitrogens is 1. The lowest BCUT2D eigenvalue weighted by Gasteiger charge is -2.43. The highest BCUT2D eigenvalue weighted by Crippen LogP contribution is 2.45. The average Bonchev–Trinajstić information content (AvgIpc) is 3.72. The zero-order valence-corrected chi connectivity index (χ0v) is 35.9. The monoisotopic (exact) mass is 876 g/mol. The molecule has 5 N–H and O–H groups in total. The summed E-state index contributed by atoms with van der Waals surface area (Å²) in [6.07, 6.45) is 6.04. The zero-order chi connectivity index (χ0) is 43.8. The Morgan fingerprint density at radius 2 is 1.77 bits per heavy atom. The molecular formula is C46H47ClN7O7S+. The van der Waals surface area contributed by atoms with Gasteiger partial charge in [-0.3, -0.25) is 19.8 Å². The number of phenolic OH excluding ortho intramolecular Hbond substituents is 1. The third-order valence-electron chi connectivity index (χ3n) is 12.0. The number of aromatic hydroxyl groups is 1. The van der Waals surface area contributed by atoms with E-state index in [4.69, 9.17) is 22.1 Å². The van der Waals surface area contributed by atoms with Crippen LogP contribution in [-0.4, -0.2) is 71.9 Å². The van der Waals surface area contributed by atoms with Gasteiger partial charge in [-0.05, 0) is 96.0 Å². The molecule has 2 aliphatic rings. The van der Waals surface area contributed by atoms with Crippen molar-refractivity contribution >= 4 is 61.2 Å². The molecule has 3 heterocycles. The summed E-state index contributed by atoms with van der Waals surface area (Å²) in [5, 5.41) is 26.7. The quantitative estimate of drug-likeness (QED) is 0.0494. The first-order chi connectivity index (χ1) is 29.6. The lowest BCUT2D eigenvalue weighted by Crippen LogP contribution is -2.63. The molecule has 0 atom stereocenters. The van der Waals surface area contributed by atoms with Crippen molar-refractivity contribution in [2.45, 2.75) is 44.6 Å². The molecule has 1 saturated heterocycles. The molecule has 0 saturated carbocycles. The summed E-state index contributed by atoms with van der Waals surface area (Å²) in [6, 6.07) is 26.3. The number of nitrogens with one attached hydrogen (secondary N) is 2. The number of phenols is 1. The van der Waals surface area contributed by atoms with E-state index < -0.39 is 30.4 Å². The number of fused-ring (bicyclic) bond motifs is 1. The number of H-pyrrole nitrogens is 1. The second kappa shape index (κ2) is 16.9. The maximum atomic E-state index is 15.4. The van der Waals surface area contributed by atoms with Crippen molar-refractivity contribution in [2.24, 2.45) is 11.1 Å². The van der Waals surface area contributed by atoms with Crippen LogP contribution in [0.4, 0.5) is 17.1 Å².